The number of aryl methyl sites for hydroxylation is 1. The lowest BCUT2D eigenvalue weighted by Crippen LogP contribution is -2.29. The van der Waals surface area contributed by atoms with Crippen LogP contribution in [0.25, 0.3) is 0 Å². The third-order valence-electron chi connectivity index (χ3n) is 1.55. The predicted octanol–water partition coefficient (Wildman–Crippen LogP) is 1.02. The van der Waals surface area contributed by atoms with Crippen molar-refractivity contribution in [3.63, 3.8) is 0 Å². The second-order valence-corrected chi connectivity index (χ2v) is 2.14. The van der Waals surface area contributed by atoms with Crippen LogP contribution in [0.5, 0.6) is 0 Å². The first-order valence-electron chi connectivity index (χ1n) is 2.94. The Morgan fingerprint density at radius 2 is 2.20 bits per heavy atom. The number of alkyl halides is 2. The van der Waals surface area contributed by atoms with Crippen molar-refractivity contribution >= 4 is 0 Å². The number of nitrogens with zero attached hydrogens (tertiary/aromatic N) is 2. The summed E-state index contributed by atoms with van der Waals surface area (Å²) in [5.41, 5.74) is 0. The number of aromatic nitrogens is 2. The van der Waals surface area contributed by atoms with E-state index >= 15 is 0 Å². The molecule has 0 fully saturated rings. The number of halogens is 2. The predicted molar refractivity (Wildman–Crippen MR) is 31.6 cm³/mol. The standard InChI is InChI=1S/C6H9F2N2/c1-5-9(2)3-4-10(5)6(7)8/h3-4,6H,1-2H3/q+1. The Bertz CT molecular complexity index is 230. The number of imidazole rings is 1. The zero-order valence-electron chi connectivity index (χ0n) is 5.88. The second-order valence-electron chi connectivity index (χ2n) is 2.14. The molecule has 0 N–H and O–H groups in total. The van der Waals surface area contributed by atoms with Gasteiger partial charge in [-0.15, -0.1) is 0 Å². The number of hydrogen-bond acceptors (Lipinski definition) is 0. The van der Waals surface area contributed by atoms with E-state index < -0.39 is 6.55 Å². The van der Waals surface area contributed by atoms with Crippen molar-refractivity contribution in [2.45, 2.75) is 13.5 Å². The fourth-order valence-electron chi connectivity index (χ4n) is 0.776. The van der Waals surface area contributed by atoms with Gasteiger partial charge in [0, 0.05) is 6.92 Å². The largest absolute Gasteiger partial charge is 0.387 e. The summed E-state index contributed by atoms with van der Waals surface area (Å²) in [5, 5.41) is 0. The molecule has 56 valence electrons. The van der Waals surface area contributed by atoms with Crippen LogP contribution in [0.4, 0.5) is 8.78 Å². The van der Waals surface area contributed by atoms with Gasteiger partial charge < -0.3 is 0 Å². The van der Waals surface area contributed by atoms with Crippen molar-refractivity contribution in [3.05, 3.63) is 18.2 Å². The quantitative estimate of drug-likeness (QED) is 0.524. The van der Waals surface area contributed by atoms with E-state index in [4.69, 9.17) is 0 Å². The van der Waals surface area contributed by atoms with E-state index in [0.29, 0.717) is 5.82 Å². The Labute approximate surface area is 57.7 Å². The van der Waals surface area contributed by atoms with Crippen LogP contribution in [-0.4, -0.2) is 4.57 Å². The minimum Gasteiger partial charge on any atom is -0.237 e. The maximum absolute atomic E-state index is 12.0. The maximum atomic E-state index is 12.0. The van der Waals surface area contributed by atoms with E-state index in [9.17, 15) is 8.78 Å². The van der Waals surface area contributed by atoms with Crippen molar-refractivity contribution in [2.24, 2.45) is 7.05 Å². The molecule has 0 aliphatic heterocycles. The smallest absolute Gasteiger partial charge is 0.237 e. The fourth-order valence-corrected chi connectivity index (χ4v) is 0.776. The molecule has 0 amide bonds. The van der Waals surface area contributed by atoms with Crippen LogP contribution in [0.15, 0.2) is 12.4 Å². The molecule has 0 radical (unpaired) electrons. The van der Waals surface area contributed by atoms with Gasteiger partial charge >= 0.3 is 6.55 Å². The third-order valence-corrected chi connectivity index (χ3v) is 1.55. The topological polar surface area (TPSA) is 8.81 Å². The van der Waals surface area contributed by atoms with Crippen LogP contribution in [0.3, 0.4) is 0 Å². The molecule has 1 rings (SSSR count). The molecule has 1 heterocycles. The number of hydrogen-bond donors (Lipinski definition) is 0. The molecule has 0 saturated carbocycles. The highest BCUT2D eigenvalue weighted by molar-refractivity contribution is 4.79. The summed E-state index contributed by atoms with van der Waals surface area (Å²) in [6.07, 6.45) is 2.96. The van der Waals surface area contributed by atoms with Gasteiger partial charge in [-0.25, -0.2) is 4.57 Å². The van der Waals surface area contributed by atoms with Gasteiger partial charge in [0.15, 0.2) is 0 Å². The lowest BCUT2D eigenvalue weighted by atomic mass is 10.7. The SMILES string of the molecule is Cc1n(C(F)F)cc[n+]1C. The van der Waals surface area contributed by atoms with Crippen LogP contribution in [0.1, 0.15) is 12.4 Å². The van der Waals surface area contributed by atoms with Crippen LogP contribution in [0, 0.1) is 6.92 Å². The van der Waals surface area contributed by atoms with Crippen LogP contribution < -0.4 is 4.57 Å². The van der Waals surface area contributed by atoms with Crippen molar-refractivity contribution in [1.29, 1.82) is 0 Å². The highest BCUT2D eigenvalue weighted by Crippen LogP contribution is 2.09. The van der Waals surface area contributed by atoms with Crippen molar-refractivity contribution in [3.8, 4) is 0 Å². The first-order valence-corrected chi connectivity index (χ1v) is 2.94. The van der Waals surface area contributed by atoms with Gasteiger partial charge in [-0.3, -0.25) is 0 Å². The zero-order valence-corrected chi connectivity index (χ0v) is 5.88. The van der Waals surface area contributed by atoms with Crippen molar-refractivity contribution < 1.29 is 13.3 Å². The van der Waals surface area contributed by atoms with Crippen molar-refractivity contribution in [1.82, 2.24) is 4.57 Å². The lowest BCUT2D eigenvalue weighted by Gasteiger charge is -1.93. The molecule has 0 aliphatic carbocycles. The molecule has 4 heteroatoms. The first kappa shape index (κ1) is 7.18. The Balaban J connectivity index is 3.05. The molecule has 10 heavy (non-hydrogen) atoms. The number of rotatable bonds is 1. The zero-order chi connectivity index (χ0) is 7.72. The molecule has 1 aromatic rings. The highest BCUT2D eigenvalue weighted by atomic mass is 19.3. The van der Waals surface area contributed by atoms with Gasteiger partial charge in [0.25, 0.3) is 5.82 Å². The summed E-state index contributed by atoms with van der Waals surface area (Å²) in [6, 6.07) is 0. The lowest BCUT2D eigenvalue weighted by molar-refractivity contribution is -0.677. The van der Waals surface area contributed by atoms with Crippen LogP contribution >= 0.6 is 0 Å². The molecule has 0 saturated heterocycles. The van der Waals surface area contributed by atoms with E-state index in [-0.39, 0.29) is 0 Å². The fraction of sp³-hybridized carbons (Fsp3) is 0.500. The minimum absolute atomic E-state index is 0.551. The third kappa shape index (κ3) is 1.01. The van der Waals surface area contributed by atoms with E-state index in [1.807, 2.05) is 0 Å². The molecular formula is C6H9F2N2+. The van der Waals surface area contributed by atoms with E-state index in [1.165, 1.54) is 6.20 Å². The van der Waals surface area contributed by atoms with Gasteiger partial charge in [0.1, 0.15) is 12.4 Å². The molecule has 0 bridgehead atoms. The van der Waals surface area contributed by atoms with E-state index in [2.05, 4.69) is 0 Å². The Morgan fingerprint density at radius 3 is 2.40 bits per heavy atom. The molecular weight excluding hydrogens is 138 g/mol. The Morgan fingerprint density at radius 1 is 1.60 bits per heavy atom. The summed E-state index contributed by atoms with van der Waals surface area (Å²) >= 11 is 0. The summed E-state index contributed by atoms with van der Waals surface area (Å²) in [5.74, 6) is 0.551. The average molecular weight is 147 g/mol. The molecule has 1 aromatic heterocycles. The van der Waals surface area contributed by atoms with E-state index in [1.54, 1.807) is 24.7 Å². The summed E-state index contributed by atoms with van der Waals surface area (Å²) in [4.78, 5) is 0. The van der Waals surface area contributed by atoms with Crippen LogP contribution in [-0.2, 0) is 7.05 Å². The molecule has 0 spiro atoms. The molecule has 2 nitrogen and oxygen atoms in total. The van der Waals surface area contributed by atoms with Gasteiger partial charge in [-0.2, -0.15) is 13.3 Å². The summed E-state index contributed by atoms with van der Waals surface area (Å²) < 4.78 is 26.5. The summed E-state index contributed by atoms with van der Waals surface area (Å²) in [6.45, 7) is -0.784. The Kier molecular flexibility index (Phi) is 1.70. The molecule has 0 aromatic carbocycles. The van der Waals surface area contributed by atoms with E-state index in [0.717, 1.165) is 4.57 Å². The van der Waals surface area contributed by atoms with Gasteiger partial charge in [0.05, 0.1) is 7.05 Å². The molecule has 0 aliphatic rings. The van der Waals surface area contributed by atoms with Gasteiger partial charge in [-0.05, 0) is 0 Å². The Hall–Kier alpha value is -0.930. The highest BCUT2D eigenvalue weighted by Gasteiger charge is 2.16. The van der Waals surface area contributed by atoms with Gasteiger partial charge in [-0.1, -0.05) is 0 Å². The first-order chi connectivity index (χ1) is 4.63. The average Bonchev–Trinajstić information content (AvgIpc) is 2.14. The second kappa shape index (κ2) is 2.36. The maximum Gasteiger partial charge on any atom is 0.387 e. The van der Waals surface area contributed by atoms with Crippen molar-refractivity contribution in [2.75, 3.05) is 0 Å². The monoisotopic (exact) mass is 147 g/mol. The molecule has 0 atom stereocenters. The minimum atomic E-state index is -2.43. The summed E-state index contributed by atoms with van der Waals surface area (Å²) in [7, 11) is 1.73. The van der Waals surface area contributed by atoms with Gasteiger partial charge in [0.2, 0.25) is 0 Å². The van der Waals surface area contributed by atoms with Crippen LogP contribution in [0.2, 0.25) is 0 Å². The normalized spacial score (nSPS) is 10.9. The molecule has 0 unspecified atom stereocenters.